The standard InChI is InChI=1S/C12H13BrClN3O2S/c1-17(8-9-2-4-11(13)5-3-9)20(18,19)12-10(6-14)7-15-16-12/h2-5,7H,6,8H2,1H3,(H,15,16). The summed E-state index contributed by atoms with van der Waals surface area (Å²) in [7, 11) is -2.10. The van der Waals surface area contributed by atoms with E-state index in [0.29, 0.717) is 5.56 Å². The van der Waals surface area contributed by atoms with Gasteiger partial charge in [-0.25, -0.2) is 8.42 Å². The summed E-state index contributed by atoms with van der Waals surface area (Å²) in [6, 6.07) is 7.48. The number of benzene rings is 1. The number of H-pyrrole nitrogens is 1. The van der Waals surface area contributed by atoms with E-state index in [0.717, 1.165) is 10.0 Å². The Labute approximate surface area is 131 Å². The topological polar surface area (TPSA) is 66.1 Å². The molecule has 0 saturated heterocycles. The molecule has 0 bridgehead atoms. The van der Waals surface area contributed by atoms with E-state index in [2.05, 4.69) is 26.1 Å². The highest BCUT2D eigenvalue weighted by atomic mass is 79.9. The van der Waals surface area contributed by atoms with Crippen molar-refractivity contribution in [3.05, 3.63) is 46.1 Å². The quantitative estimate of drug-likeness (QED) is 0.814. The summed E-state index contributed by atoms with van der Waals surface area (Å²) < 4.78 is 27.1. The first-order chi connectivity index (χ1) is 9.45. The van der Waals surface area contributed by atoms with Crippen molar-refractivity contribution in [3.63, 3.8) is 0 Å². The predicted octanol–water partition coefficient (Wildman–Crippen LogP) is 2.73. The molecule has 2 rings (SSSR count). The number of sulfonamides is 1. The number of alkyl halides is 1. The monoisotopic (exact) mass is 377 g/mol. The summed E-state index contributed by atoms with van der Waals surface area (Å²) in [6.07, 6.45) is 1.42. The second kappa shape index (κ2) is 6.26. The van der Waals surface area contributed by atoms with Gasteiger partial charge in [-0.05, 0) is 17.7 Å². The molecule has 0 aliphatic heterocycles. The van der Waals surface area contributed by atoms with E-state index in [4.69, 9.17) is 11.6 Å². The van der Waals surface area contributed by atoms with Crippen molar-refractivity contribution in [2.45, 2.75) is 17.5 Å². The number of rotatable bonds is 5. The minimum Gasteiger partial charge on any atom is -0.266 e. The predicted molar refractivity (Wildman–Crippen MR) is 80.9 cm³/mol. The molecule has 0 aliphatic carbocycles. The molecular weight excluding hydrogens is 366 g/mol. The van der Waals surface area contributed by atoms with Gasteiger partial charge >= 0.3 is 0 Å². The Morgan fingerprint density at radius 2 is 2.00 bits per heavy atom. The first kappa shape index (κ1) is 15.5. The van der Waals surface area contributed by atoms with Crippen molar-refractivity contribution in [3.8, 4) is 0 Å². The van der Waals surface area contributed by atoms with E-state index in [9.17, 15) is 8.42 Å². The van der Waals surface area contributed by atoms with Crippen LogP contribution in [0.4, 0.5) is 0 Å². The smallest absolute Gasteiger partial charge is 0.260 e. The zero-order valence-electron chi connectivity index (χ0n) is 10.7. The van der Waals surface area contributed by atoms with Crippen molar-refractivity contribution in [1.82, 2.24) is 14.5 Å². The summed E-state index contributed by atoms with van der Waals surface area (Å²) in [4.78, 5) is 0. The molecular formula is C12H13BrClN3O2S. The molecule has 1 heterocycles. The number of hydrogen-bond acceptors (Lipinski definition) is 3. The van der Waals surface area contributed by atoms with Crippen LogP contribution < -0.4 is 0 Å². The largest absolute Gasteiger partial charge is 0.266 e. The third-order valence-corrected chi connectivity index (χ3v) is 5.44. The van der Waals surface area contributed by atoms with Crippen LogP contribution in [0, 0.1) is 0 Å². The number of nitrogens with one attached hydrogen (secondary N) is 1. The lowest BCUT2D eigenvalue weighted by Gasteiger charge is -2.16. The molecule has 0 fully saturated rings. The van der Waals surface area contributed by atoms with Gasteiger partial charge in [0.1, 0.15) is 0 Å². The van der Waals surface area contributed by atoms with Gasteiger partial charge in [-0.2, -0.15) is 9.40 Å². The molecule has 0 radical (unpaired) electrons. The van der Waals surface area contributed by atoms with Gasteiger partial charge in [0, 0.05) is 23.6 Å². The lowest BCUT2D eigenvalue weighted by atomic mass is 10.2. The Bertz CT molecular complexity index is 685. The molecule has 0 aliphatic rings. The Kier molecular flexibility index (Phi) is 4.85. The average Bonchev–Trinajstić information content (AvgIpc) is 2.90. The van der Waals surface area contributed by atoms with Crippen LogP contribution >= 0.6 is 27.5 Å². The molecule has 5 nitrogen and oxygen atoms in total. The van der Waals surface area contributed by atoms with Crippen molar-refractivity contribution in [1.29, 1.82) is 0 Å². The minimum atomic E-state index is -3.63. The Morgan fingerprint density at radius 1 is 1.35 bits per heavy atom. The number of aromatic nitrogens is 2. The van der Waals surface area contributed by atoms with Crippen LogP contribution in [-0.4, -0.2) is 30.0 Å². The fraction of sp³-hybridized carbons (Fsp3) is 0.250. The molecule has 0 amide bonds. The first-order valence-corrected chi connectivity index (χ1v) is 8.51. The van der Waals surface area contributed by atoms with Crippen molar-refractivity contribution in [2.24, 2.45) is 0 Å². The van der Waals surface area contributed by atoms with E-state index in [-0.39, 0.29) is 17.5 Å². The van der Waals surface area contributed by atoms with Gasteiger partial charge in [-0.1, -0.05) is 28.1 Å². The SMILES string of the molecule is CN(Cc1ccc(Br)cc1)S(=O)(=O)c1[nH]ncc1CCl. The third kappa shape index (κ3) is 3.22. The van der Waals surface area contributed by atoms with Crippen LogP contribution in [0.15, 0.2) is 40.0 Å². The summed E-state index contributed by atoms with van der Waals surface area (Å²) in [6.45, 7) is 0.274. The highest BCUT2D eigenvalue weighted by Crippen LogP contribution is 2.20. The highest BCUT2D eigenvalue weighted by molar-refractivity contribution is 9.10. The Hall–Kier alpha value is -0.890. The summed E-state index contributed by atoms with van der Waals surface area (Å²) >= 11 is 9.06. The van der Waals surface area contributed by atoms with E-state index in [1.807, 2.05) is 24.3 Å². The Balaban J connectivity index is 2.23. The van der Waals surface area contributed by atoms with Gasteiger partial charge in [0.2, 0.25) is 0 Å². The second-order valence-electron chi connectivity index (χ2n) is 4.25. The van der Waals surface area contributed by atoms with Crippen LogP contribution in [0.3, 0.4) is 0 Å². The summed E-state index contributed by atoms with van der Waals surface area (Å²) in [5.74, 6) is 0.0944. The third-order valence-electron chi connectivity index (χ3n) is 2.81. The fourth-order valence-electron chi connectivity index (χ4n) is 1.71. The first-order valence-electron chi connectivity index (χ1n) is 5.74. The molecule has 0 atom stereocenters. The average molecular weight is 379 g/mol. The fourth-order valence-corrected chi connectivity index (χ4v) is 3.51. The van der Waals surface area contributed by atoms with Crippen LogP contribution in [0.1, 0.15) is 11.1 Å². The van der Waals surface area contributed by atoms with Crippen LogP contribution in [0.5, 0.6) is 0 Å². The van der Waals surface area contributed by atoms with Crippen molar-refractivity contribution >= 4 is 37.6 Å². The van der Waals surface area contributed by atoms with Crippen molar-refractivity contribution in [2.75, 3.05) is 7.05 Å². The lowest BCUT2D eigenvalue weighted by molar-refractivity contribution is 0.463. The molecule has 0 saturated carbocycles. The van der Waals surface area contributed by atoms with Crippen LogP contribution in [0.2, 0.25) is 0 Å². The van der Waals surface area contributed by atoms with Gasteiger partial charge in [0.05, 0.1) is 12.1 Å². The van der Waals surface area contributed by atoms with E-state index in [1.54, 1.807) is 0 Å². The highest BCUT2D eigenvalue weighted by Gasteiger charge is 2.25. The minimum absolute atomic E-state index is 0.0483. The normalized spacial score (nSPS) is 12.0. The number of aromatic amines is 1. The molecule has 1 aromatic heterocycles. The molecule has 1 aromatic carbocycles. The molecule has 8 heteroatoms. The summed E-state index contributed by atoms with van der Waals surface area (Å²) in [5, 5.41) is 6.29. The van der Waals surface area contributed by atoms with Crippen molar-refractivity contribution < 1.29 is 8.42 Å². The van der Waals surface area contributed by atoms with Gasteiger partial charge in [0.15, 0.2) is 5.03 Å². The molecule has 0 spiro atoms. The maximum Gasteiger partial charge on any atom is 0.260 e. The van der Waals surface area contributed by atoms with Crippen LogP contribution in [-0.2, 0) is 22.4 Å². The van der Waals surface area contributed by atoms with Gasteiger partial charge in [-0.15, -0.1) is 11.6 Å². The van der Waals surface area contributed by atoms with E-state index >= 15 is 0 Å². The zero-order chi connectivity index (χ0) is 14.8. The maximum atomic E-state index is 12.4. The molecule has 0 unspecified atom stereocenters. The van der Waals surface area contributed by atoms with E-state index in [1.165, 1.54) is 17.5 Å². The van der Waals surface area contributed by atoms with Gasteiger partial charge < -0.3 is 0 Å². The molecule has 1 N–H and O–H groups in total. The molecule has 20 heavy (non-hydrogen) atoms. The number of halogens is 2. The van der Waals surface area contributed by atoms with Gasteiger partial charge in [0.25, 0.3) is 10.0 Å². The summed E-state index contributed by atoms with van der Waals surface area (Å²) in [5.41, 5.74) is 1.36. The second-order valence-corrected chi connectivity index (χ2v) is 7.41. The van der Waals surface area contributed by atoms with Gasteiger partial charge in [-0.3, -0.25) is 5.10 Å². The molecule has 108 valence electrons. The maximum absolute atomic E-state index is 12.4. The van der Waals surface area contributed by atoms with E-state index < -0.39 is 10.0 Å². The molecule has 2 aromatic rings. The lowest BCUT2D eigenvalue weighted by Crippen LogP contribution is -2.27. The Morgan fingerprint density at radius 3 is 2.60 bits per heavy atom. The number of hydrogen-bond donors (Lipinski definition) is 1. The van der Waals surface area contributed by atoms with Crippen LogP contribution in [0.25, 0.3) is 0 Å². The number of nitrogens with zero attached hydrogens (tertiary/aromatic N) is 2. The zero-order valence-corrected chi connectivity index (χ0v) is 13.8.